The Morgan fingerprint density at radius 3 is 2.62 bits per heavy atom. The molecule has 1 N–H and O–H groups in total. The van der Waals surface area contributed by atoms with Gasteiger partial charge >= 0.3 is 0 Å². The molecule has 3 rings (SSSR count). The predicted octanol–water partition coefficient (Wildman–Crippen LogP) is 3.78. The van der Waals surface area contributed by atoms with Gasteiger partial charge in [0.15, 0.2) is 5.82 Å². The molecule has 2 aliphatic rings. The van der Waals surface area contributed by atoms with Crippen LogP contribution in [-0.4, -0.2) is 23.2 Å². The highest BCUT2D eigenvalue weighted by molar-refractivity contribution is 5.11. The molecule has 0 radical (unpaired) electrons. The maximum atomic E-state index is 5.71. The summed E-state index contributed by atoms with van der Waals surface area (Å²) in [6, 6.07) is 0. The second-order valence-corrected chi connectivity index (χ2v) is 7.85. The topological polar surface area (TPSA) is 51.0 Å². The third-order valence-corrected chi connectivity index (χ3v) is 5.57. The molecule has 1 unspecified atom stereocenters. The minimum atomic E-state index is 0.0912. The van der Waals surface area contributed by atoms with Crippen LogP contribution in [0.1, 0.15) is 83.3 Å². The SMILES string of the molecule is CCCC1(c2nc(C3CCC(C)(C)CC3)no2)CCNC1. The Hall–Kier alpha value is -0.900. The van der Waals surface area contributed by atoms with Crippen molar-refractivity contribution >= 4 is 0 Å². The van der Waals surface area contributed by atoms with E-state index in [1.807, 2.05) is 0 Å². The van der Waals surface area contributed by atoms with Crippen LogP contribution < -0.4 is 5.32 Å². The molecule has 4 nitrogen and oxygen atoms in total. The van der Waals surface area contributed by atoms with E-state index in [9.17, 15) is 0 Å². The first-order chi connectivity index (χ1) is 10.0. The standard InChI is InChI=1S/C17H29N3O/c1-4-7-17(10-11-18-12-17)15-19-14(20-21-15)13-5-8-16(2,3)9-6-13/h13,18H,4-12H2,1-3H3. The smallest absolute Gasteiger partial charge is 0.234 e. The fraction of sp³-hybridized carbons (Fsp3) is 0.882. The molecule has 1 aliphatic carbocycles. The van der Waals surface area contributed by atoms with Crippen molar-refractivity contribution in [3.8, 4) is 0 Å². The van der Waals surface area contributed by atoms with Crippen LogP contribution in [0.15, 0.2) is 4.52 Å². The van der Waals surface area contributed by atoms with Gasteiger partial charge in [-0.15, -0.1) is 0 Å². The van der Waals surface area contributed by atoms with Crippen molar-refractivity contribution < 1.29 is 4.52 Å². The monoisotopic (exact) mass is 291 g/mol. The molecule has 1 atom stereocenters. The first-order valence-corrected chi connectivity index (χ1v) is 8.59. The maximum Gasteiger partial charge on any atom is 0.234 e. The van der Waals surface area contributed by atoms with E-state index in [4.69, 9.17) is 9.51 Å². The highest BCUT2D eigenvalue weighted by Crippen LogP contribution is 2.42. The lowest BCUT2D eigenvalue weighted by Gasteiger charge is -2.32. The van der Waals surface area contributed by atoms with Crippen molar-refractivity contribution in [3.05, 3.63) is 11.7 Å². The molecule has 1 saturated carbocycles. The Bertz CT molecular complexity index is 464. The Morgan fingerprint density at radius 1 is 1.24 bits per heavy atom. The molecule has 118 valence electrons. The van der Waals surface area contributed by atoms with E-state index in [2.05, 4.69) is 31.2 Å². The summed E-state index contributed by atoms with van der Waals surface area (Å²) >= 11 is 0. The predicted molar refractivity (Wildman–Crippen MR) is 83.4 cm³/mol. The van der Waals surface area contributed by atoms with Crippen molar-refractivity contribution in [2.45, 2.75) is 77.0 Å². The fourth-order valence-electron chi connectivity index (χ4n) is 4.00. The van der Waals surface area contributed by atoms with Crippen LogP contribution in [0.2, 0.25) is 0 Å². The second kappa shape index (κ2) is 5.71. The Balaban J connectivity index is 1.74. The van der Waals surface area contributed by atoms with Gasteiger partial charge in [0.05, 0.1) is 5.41 Å². The first kappa shape index (κ1) is 15.0. The zero-order valence-electron chi connectivity index (χ0n) is 13.7. The first-order valence-electron chi connectivity index (χ1n) is 8.59. The molecule has 0 spiro atoms. The average molecular weight is 291 g/mol. The molecule has 1 aromatic heterocycles. The molecule has 4 heteroatoms. The molecule has 1 aliphatic heterocycles. The van der Waals surface area contributed by atoms with Crippen LogP contribution in [0, 0.1) is 5.41 Å². The minimum Gasteiger partial charge on any atom is -0.339 e. The van der Waals surface area contributed by atoms with Gasteiger partial charge in [0, 0.05) is 12.5 Å². The molecule has 0 bridgehead atoms. The fourth-order valence-corrected chi connectivity index (χ4v) is 4.00. The van der Waals surface area contributed by atoms with Gasteiger partial charge in [0.25, 0.3) is 0 Å². The summed E-state index contributed by atoms with van der Waals surface area (Å²) in [7, 11) is 0. The molecular formula is C17H29N3O. The van der Waals surface area contributed by atoms with Gasteiger partial charge in [-0.05, 0) is 50.5 Å². The number of rotatable bonds is 4. The minimum absolute atomic E-state index is 0.0912. The van der Waals surface area contributed by atoms with Gasteiger partial charge in [-0.25, -0.2) is 0 Å². The summed E-state index contributed by atoms with van der Waals surface area (Å²) in [6.07, 6.45) is 8.36. The highest BCUT2D eigenvalue weighted by Gasteiger charge is 2.41. The van der Waals surface area contributed by atoms with Crippen LogP contribution in [0.3, 0.4) is 0 Å². The van der Waals surface area contributed by atoms with Crippen molar-refractivity contribution in [1.82, 2.24) is 15.5 Å². The van der Waals surface area contributed by atoms with Crippen molar-refractivity contribution in [2.75, 3.05) is 13.1 Å². The normalized spacial score (nSPS) is 29.9. The largest absolute Gasteiger partial charge is 0.339 e. The molecule has 0 amide bonds. The second-order valence-electron chi connectivity index (χ2n) is 7.85. The van der Waals surface area contributed by atoms with Gasteiger partial charge in [0.2, 0.25) is 5.89 Å². The van der Waals surface area contributed by atoms with Gasteiger partial charge in [-0.2, -0.15) is 4.98 Å². The molecule has 2 fully saturated rings. The van der Waals surface area contributed by atoms with Crippen LogP contribution in [-0.2, 0) is 5.41 Å². The molecule has 0 aromatic carbocycles. The van der Waals surface area contributed by atoms with E-state index in [0.717, 1.165) is 44.1 Å². The summed E-state index contributed by atoms with van der Waals surface area (Å²) in [5.41, 5.74) is 0.579. The van der Waals surface area contributed by atoms with E-state index in [-0.39, 0.29) is 5.41 Å². The molecule has 2 heterocycles. The van der Waals surface area contributed by atoms with E-state index >= 15 is 0 Å². The zero-order valence-corrected chi connectivity index (χ0v) is 13.7. The molecule has 1 aromatic rings. The third kappa shape index (κ3) is 3.01. The zero-order chi connectivity index (χ0) is 14.9. The number of nitrogens with zero attached hydrogens (tertiary/aromatic N) is 2. The van der Waals surface area contributed by atoms with E-state index in [1.54, 1.807) is 0 Å². The quantitative estimate of drug-likeness (QED) is 0.917. The van der Waals surface area contributed by atoms with E-state index < -0.39 is 0 Å². The van der Waals surface area contributed by atoms with Gasteiger partial charge < -0.3 is 9.84 Å². The van der Waals surface area contributed by atoms with Crippen molar-refractivity contribution in [2.24, 2.45) is 5.41 Å². The molecular weight excluding hydrogens is 262 g/mol. The number of hydrogen-bond donors (Lipinski definition) is 1. The summed E-state index contributed by atoms with van der Waals surface area (Å²) in [4.78, 5) is 4.84. The summed E-state index contributed by atoms with van der Waals surface area (Å²) < 4.78 is 5.71. The molecule has 21 heavy (non-hydrogen) atoms. The molecule has 1 saturated heterocycles. The van der Waals surface area contributed by atoms with E-state index in [0.29, 0.717) is 11.3 Å². The van der Waals surface area contributed by atoms with E-state index in [1.165, 1.54) is 25.7 Å². The lowest BCUT2D eigenvalue weighted by atomic mass is 9.73. The van der Waals surface area contributed by atoms with Gasteiger partial charge in [-0.1, -0.05) is 32.3 Å². The Morgan fingerprint density at radius 2 is 2.00 bits per heavy atom. The maximum absolute atomic E-state index is 5.71. The summed E-state index contributed by atoms with van der Waals surface area (Å²) in [5.74, 6) is 2.35. The average Bonchev–Trinajstić information content (AvgIpc) is 3.08. The van der Waals surface area contributed by atoms with Crippen molar-refractivity contribution in [3.63, 3.8) is 0 Å². The number of hydrogen-bond acceptors (Lipinski definition) is 4. The van der Waals surface area contributed by atoms with Gasteiger partial charge in [0.1, 0.15) is 0 Å². The lowest BCUT2D eigenvalue weighted by Crippen LogP contribution is -2.29. The summed E-state index contributed by atoms with van der Waals surface area (Å²) in [5, 5.41) is 7.81. The van der Waals surface area contributed by atoms with Crippen LogP contribution in [0.5, 0.6) is 0 Å². The Kier molecular flexibility index (Phi) is 4.08. The van der Waals surface area contributed by atoms with Crippen molar-refractivity contribution in [1.29, 1.82) is 0 Å². The number of nitrogens with one attached hydrogen (secondary N) is 1. The lowest BCUT2D eigenvalue weighted by molar-refractivity contribution is 0.218. The van der Waals surface area contributed by atoms with Crippen LogP contribution >= 0.6 is 0 Å². The highest BCUT2D eigenvalue weighted by atomic mass is 16.5. The number of aromatic nitrogens is 2. The summed E-state index contributed by atoms with van der Waals surface area (Å²) in [6.45, 7) is 9.02. The van der Waals surface area contributed by atoms with Crippen LogP contribution in [0.25, 0.3) is 0 Å². The van der Waals surface area contributed by atoms with Crippen LogP contribution in [0.4, 0.5) is 0 Å². The third-order valence-electron chi connectivity index (χ3n) is 5.57. The Labute approximate surface area is 128 Å². The van der Waals surface area contributed by atoms with Gasteiger partial charge in [-0.3, -0.25) is 0 Å².